The normalized spacial score (nSPS) is 16.6. The number of pyridine rings is 1. The first-order valence-electron chi connectivity index (χ1n) is 9.51. The number of hydrogen-bond donors (Lipinski definition) is 2. The Morgan fingerprint density at radius 3 is 2.57 bits per heavy atom. The van der Waals surface area contributed by atoms with Crippen molar-refractivity contribution in [3.8, 4) is 5.95 Å². The van der Waals surface area contributed by atoms with Gasteiger partial charge in [0, 0.05) is 31.3 Å². The third-order valence-electron chi connectivity index (χ3n) is 5.26. The van der Waals surface area contributed by atoms with E-state index < -0.39 is 5.60 Å². The van der Waals surface area contributed by atoms with Crippen LogP contribution in [0, 0.1) is 0 Å². The first kappa shape index (κ1) is 18.8. The fourth-order valence-corrected chi connectivity index (χ4v) is 4.00. The lowest BCUT2D eigenvalue weighted by Crippen LogP contribution is -2.42. The summed E-state index contributed by atoms with van der Waals surface area (Å²) in [6, 6.07) is 3.37. The fourth-order valence-electron chi connectivity index (χ4n) is 3.76. The fraction of sp³-hybridized carbons (Fsp3) is 0.400. The molecule has 1 aliphatic rings. The largest absolute Gasteiger partial charge is 0.388 e. The van der Waals surface area contributed by atoms with Gasteiger partial charge in [-0.25, -0.2) is 15.0 Å². The number of amides is 1. The molecule has 0 spiro atoms. The quantitative estimate of drug-likeness (QED) is 0.656. The van der Waals surface area contributed by atoms with E-state index >= 15 is 0 Å². The topological polar surface area (TPSA) is 92.9 Å². The van der Waals surface area contributed by atoms with Gasteiger partial charge in [-0.15, -0.1) is 0 Å². The van der Waals surface area contributed by atoms with E-state index in [1.165, 1.54) is 0 Å². The second kappa shape index (κ2) is 7.85. The predicted octanol–water partition coefficient (Wildman–Crippen LogP) is 3.28. The predicted molar refractivity (Wildman–Crippen MR) is 107 cm³/mol. The number of nitrogens with zero attached hydrogens (tertiary/aromatic N) is 4. The molecule has 1 amide bonds. The van der Waals surface area contributed by atoms with Crippen LogP contribution < -0.4 is 5.32 Å². The standard InChI is InChI=1S/C20H22ClN5O2/c21-15-6-11-22-17-16(15)14(12-26(17)19-23-9-5-10-24-19)18(27)25-13-20(28)7-3-1-2-4-8-20/h5-6,9-12,28H,1-4,7-8,13H2,(H,25,27). The Morgan fingerprint density at radius 1 is 1.14 bits per heavy atom. The van der Waals surface area contributed by atoms with Crippen LogP contribution in [0.3, 0.4) is 0 Å². The second-order valence-corrected chi connectivity index (χ2v) is 7.68. The molecule has 0 saturated heterocycles. The number of carbonyl (C=O) groups is 1. The van der Waals surface area contributed by atoms with Gasteiger partial charge >= 0.3 is 0 Å². The Morgan fingerprint density at radius 2 is 1.86 bits per heavy atom. The minimum Gasteiger partial charge on any atom is -0.388 e. The highest BCUT2D eigenvalue weighted by atomic mass is 35.5. The number of hydrogen-bond acceptors (Lipinski definition) is 5. The molecule has 146 valence electrons. The molecular formula is C20H22ClN5O2. The molecule has 0 aromatic carbocycles. The smallest absolute Gasteiger partial charge is 0.253 e. The highest BCUT2D eigenvalue weighted by molar-refractivity contribution is 6.36. The molecule has 1 saturated carbocycles. The molecule has 0 radical (unpaired) electrons. The summed E-state index contributed by atoms with van der Waals surface area (Å²) in [5.74, 6) is 0.107. The number of nitrogens with one attached hydrogen (secondary N) is 1. The maximum atomic E-state index is 13.0. The van der Waals surface area contributed by atoms with Crippen molar-refractivity contribution in [2.24, 2.45) is 0 Å². The van der Waals surface area contributed by atoms with Crippen molar-refractivity contribution in [3.63, 3.8) is 0 Å². The average Bonchev–Trinajstić information content (AvgIpc) is 2.98. The lowest BCUT2D eigenvalue weighted by atomic mass is 9.94. The van der Waals surface area contributed by atoms with E-state index in [1.54, 1.807) is 41.5 Å². The summed E-state index contributed by atoms with van der Waals surface area (Å²) >= 11 is 6.38. The van der Waals surface area contributed by atoms with E-state index in [0.717, 1.165) is 25.7 Å². The van der Waals surface area contributed by atoms with Crippen LogP contribution in [0.25, 0.3) is 17.0 Å². The van der Waals surface area contributed by atoms with Crippen LogP contribution in [0.1, 0.15) is 48.9 Å². The lowest BCUT2D eigenvalue weighted by Gasteiger charge is -2.26. The number of rotatable bonds is 4. The molecule has 1 fully saturated rings. The van der Waals surface area contributed by atoms with Crippen LogP contribution in [0.15, 0.2) is 36.9 Å². The van der Waals surface area contributed by atoms with Gasteiger partial charge in [-0.1, -0.05) is 37.3 Å². The molecule has 4 rings (SSSR count). The SMILES string of the molecule is O=C(NCC1(O)CCCCCC1)c1cn(-c2ncccn2)c2nccc(Cl)c12. The molecule has 0 aliphatic heterocycles. The van der Waals surface area contributed by atoms with Gasteiger partial charge in [0.25, 0.3) is 5.91 Å². The monoisotopic (exact) mass is 399 g/mol. The summed E-state index contributed by atoms with van der Waals surface area (Å²) in [6.07, 6.45) is 12.1. The van der Waals surface area contributed by atoms with Crippen molar-refractivity contribution >= 4 is 28.5 Å². The zero-order valence-electron chi connectivity index (χ0n) is 15.4. The second-order valence-electron chi connectivity index (χ2n) is 7.27. The van der Waals surface area contributed by atoms with Crippen LogP contribution in [0.5, 0.6) is 0 Å². The molecule has 0 unspecified atom stereocenters. The Hall–Kier alpha value is -2.51. The van der Waals surface area contributed by atoms with Gasteiger partial charge in [-0.05, 0) is 25.0 Å². The van der Waals surface area contributed by atoms with Crippen molar-refractivity contribution in [3.05, 3.63) is 47.5 Å². The van der Waals surface area contributed by atoms with Crippen LogP contribution in [0.4, 0.5) is 0 Å². The number of halogens is 1. The van der Waals surface area contributed by atoms with Gasteiger partial charge in [0.15, 0.2) is 0 Å². The van der Waals surface area contributed by atoms with E-state index in [4.69, 9.17) is 11.6 Å². The highest BCUT2D eigenvalue weighted by Gasteiger charge is 2.29. The summed E-state index contributed by atoms with van der Waals surface area (Å²) in [5, 5.41) is 14.7. The van der Waals surface area contributed by atoms with Crippen LogP contribution in [0.2, 0.25) is 5.02 Å². The van der Waals surface area contributed by atoms with Gasteiger partial charge in [0.05, 0.1) is 21.6 Å². The molecule has 3 heterocycles. The molecule has 3 aromatic heterocycles. The van der Waals surface area contributed by atoms with E-state index in [0.29, 0.717) is 40.4 Å². The summed E-state index contributed by atoms with van der Waals surface area (Å²) < 4.78 is 1.65. The van der Waals surface area contributed by atoms with Crippen molar-refractivity contribution < 1.29 is 9.90 Å². The Kier molecular flexibility index (Phi) is 5.28. The molecule has 28 heavy (non-hydrogen) atoms. The Labute approximate surface area is 167 Å². The molecule has 3 aromatic rings. The maximum absolute atomic E-state index is 13.0. The van der Waals surface area contributed by atoms with Crippen LogP contribution in [-0.4, -0.2) is 42.7 Å². The third-order valence-corrected chi connectivity index (χ3v) is 5.58. The summed E-state index contributed by atoms with van der Waals surface area (Å²) in [6.45, 7) is 0.220. The van der Waals surface area contributed by atoms with Gasteiger partial charge in [-0.2, -0.15) is 0 Å². The van der Waals surface area contributed by atoms with Crippen molar-refractivity contribution in [1.82, 2.24) is 24.8 Å². The molecular weight excluding hydrogens is 378 g/mol. The molecule has 0 bridgehead atoms. The number of aliphatic hydroxyl groups is 1. The van der Waals surface area contributed by atoms with Crippen molar-refractivity contribution in [2.75, 3.05) is 6.54 Å². The summed E-state index contributed by atoms with van der Waals surface area (Å²) in [4.78, 5) is 25.8. The zero-order chi connectivity index (χ0) is 19.6. The maximum Gasteiger partial charge on any atom is 0.253 e. The summed E-state index contributed by atoms with van der Waals surface area (Å²) in [7, 11) is 0. The van der Waals surface area contributed by atoms with E-state index in [2.05, 4.69) is 20.3 Å². The van der Waals surface area contributed by atoms with Crippen LogP contribution in [-0.2, 0) is 0 Å². The van der Waals surface area contributed by atoms with Gasteiger partial charge in [-0.3, -0.25) is 9.36 Å². The highest BCUT2D eigenvalue weighted by Crippen LogP contribution is 2.29. The number of carbonyl (C=O) groups excluding carboxylic acids is 1. The number of fused-ring (bicyclic) bond motifs is 1. The third kappa shape index (κ3) is 3.72. The minimum absolute atomic E-state index is 0.220. The first-order chi connectivity index (χ1) is 13.6. The molecule has 8 heteroatoms. The number of aromatic nitrogens is 4. The molecule has 2 N–H and O–H groups in total. The Balaban J connectivity index is 1.65. The molecule has 0 atom stereocenters. The van der Waals surface area contributed by atoms with E-state index in [-0.39, 0.29) is 12.5 Å². The van der Waals surface area contributed by atoms with Gasteiger partial charge in [0.2, 0.25) is 5.95 Å². The van der Waals surface area contributed by atoms with Crippen molar-refractivity contribution in [2.45, 2.75) is 44.1 Å². The molecule has 1 aliphatic carbocycles. The van der Waals surface area contributed by atoms with E-state index in [9.17, 15) is 9.90 Å². The van der Waals surface area contributed by atoms with Gasteiger partial charge in [0.1, 0.15) is 5.65 Å². The summed E-state index contributed by atoms with van der Waals surface area (Å²) in [5.41, 5.74) is 0.0459. The van der Waals surface area contributed by atoms with Gasteiger partial charge < -0.3 is 10.4 Å². The lowest BCUT2D eigenvalue weighted by molar-refractivity contribution is 0.0246. The molecule has 7 nitrogen and oxygen atoms in total. The average molecular weight is 400 g/mol. The van der Waals surface area contributed by atoms with Crippen molar-refractivity contribution in [1.29, 1.82) is 0 Å². The van der Waals surface area contributed by atoms with Crippen LogP contribution >= 0.6 is 11.6 Å². The first-order valence-corrected chi connectivity index (χ1v) is 9.89. The van der Waals surface area contributed by atoms with E-state index in [1.807, 2.05) is 0 Å². The Bertz CT molecular complexity index is 981. The zero-order valence-corrected chi connectivity index (χ0v) is 16.2. The minimum atomic E-state index is -0.852.